The van der Waals surface area contributed by atoms with E-state index >= 15 is 0 Å². The van der Waals surface area contributed by atoms with Crippen LogP contribution in [0.3, 0.4) is 0 Å². The molecule has 0 atom stereocenters. The van der Waals surface area contributed by atoms with Crippen LogP contribution in [0.15, 0.2) is 0 Å². The van der Waals surface area contributed by atoms with E-state index < -0.39 is 24.6 Å². The van der Waals surface area contributed by atoms with E-state index in [-0.39, 0.29) is 18.2 Å². The zero-order valence-corrected chi connectivity index (χ0v) is 12.0. The summed E-state index contributed by atoms with van der Waals surface area (Å²) in [6, 6.07) is 0. The van der Waals surface area contributed by atoms with Crippen molar-refractivity contribution < 1.29 is 16.8 Å². The van der Waals surface area contributed by atoms with Crippen LogP contribution in [-0.4, -0.2) is 46.0 Å². The summed E-state index contributed by atoms with van der Waals surface area (Å²) in [5.41, 5.74) is 0. The van der Waals surface area contributed by atoms with Gasteiger partial charge in [-0.15, -0.1) is 11.6 Å². The Bertz CT molecular complexity index is 413. The van der Waals surface area contributed by atoms with Crippen molar-refractivity contribution in [3.63, 3.8) is 0 Å². The van der Waals surface area contributed by atoms with Gasteiger partial charge in [0.1, 0.15) is 0 Å². The van der Waals surface area contributed by atoms with Gasteiger partial charge in [0.2, 0.25) is 10.0 Å². The molecular formula is C8H18ClNO4S2. The molecule has 5 nitrogen and oxygen atoms in total. The average Bonchev–Trinajstić information content (AvgIpc) is 2.10. The first-order valence-corrected chi connectivity index (χ1v) is 8.82. The summed E-state index contributed by atoms with van der Waals surface area (Å²) in [5, 5.41) is 0. The number of rotatable bonds is 7. The summed E-state index contributed by atoms with van der Waals surface area (Å²) >= 11 is 5.38. The van der Waals surface area contributed by atoms with Crippen LogP contribution in [0.5, 0.6) is 0 Å². The third-order valence-corrected chi connectivity index (χ3v) is 6.10. The smallest absolute Gasteiger partial charge is 0.211 e. The van der Waals surface area contributed by atoms with Crippen LogP contribution in [0.1, 0.15) is 20.3 Å². The zero-order chi connectivity index (χ0) is 13.0. The van der Waals surface area contributed by atoms with E-state index in [2.05, 4.69) is 4.72 Å². The molecule has 0 aromatic heterocycles. The van der Waals surface area contributed by atoms with Crippen molar-refractivity contribution in [3.05, 3.63) is 0 Å². The second-order valence-electron chi connectivity index (χ2n) is 4.21. The Kier molecular flexibility index (Phi) is 5.71. The largest absolute Gasteiger partial charge is 0.229 e. The molecule has 0 aliphatic rings. The van der Waals surface area contributed by atoms with Crippen molar-refractivity contribution in [2.45, 2.75) is 25.0 Å². The third-order valence-electron chi connectivity index (χ3n) is 2.27. The van der Waals surface area contributed by atoms with E-state index in [0.29, 0.717) is 6.42 Å². The predicted octanol–water partition coefficient (Wildman–Crippen LogP) is 0.358. The van der Waals surface area contributed by atoms with Gasteiger partial charge < -0.3 is 0 Å². The molecule has 1 N–H and O–H groups in total. The monoisotopic (exact) mass is 291 g/mol. The number of hydrogen-bond donors (Lipinski definition) is 1. The normalized spacial score (nSPS) is 14.0. The van der Waals surface area contributed by atoms with Crippen LogP contribution < -0.4 is 4.72 Å². The first-order chi connectivity index (χ1) is 7.02. The molecule has 0 aliphatic carbocycles. The number of alkyl halides is 1. The summed E-state index contributed by atoms with van der Waals surface area (Å²) in [5.74, 6) is 0.173. The molecule has 0 saturated heterocycles. The summed E-state index contributed by atoms with van der Waals surface area (Å²) in [6.07, 6.45) is 1.43. The summed E-state index contributed by atoms with van der Waals surface area (Å²) in [7, 11) is -6.73. The van der Waals surface area contributed by atoms with E-state index in [1.807, 2.05) is 0 Å². The standard InChI is InChI=1S/C8H18ClNO4S2/c1-8(2,15(3,11)12)7-10-16(13,14)6-4-5-9/h10H,4-7H2,1-3H3. The van der Waals surface area contributed by atoms with Crippen LogP contribution in [-0.2, 0) is 19.9 Å². The fourth-order valence-corrected chi connectivity index (χ4v) is 2.70. The van der Waals surface area contributed by atoms with Crippen LogP contribution in [0.4, 0.5) is 0 Å². The second kappa shape index (κ2) is 5.66. The molecule has 0 spiro atoms. The highest BCUT2D eigenvalue weighted by atomic mass is 35.5. The summed E-state index contributed by atoms with van der Waals surface area (Å²) < 4.78 is 46.6. The first-order valence-electron chi connectivity index (χ1n) is 4.75. The van der Waals surface area contributed by atoms with Crippen LogP contribution in [0.2, 0.25) is 0 Å². The van der Waals surface area contributed by atoms with E-state index in [4.69, 9.17) is 11.6 Å². The molecule has 0 bridgehead atoms. The van der Waals surface area contributed by atoms with Crippen LogP contribution >= 0.6 is 11.6 Å². The molecule has 16 heavy (non-hydrogen) atoms. The highest BCUT2D eigenvalue weighted by Crippen LogP contribution is 2.13. The molecule has 98 valence electrons. The van der Waals surface area contributed by atoms with E-state index in [1.165, 1.54) is 13.8 Å². The fraction of sp³-hybridized carbons (Fsp3) is 1.00. The van der Waals surface area contributed by atoms with Crippen molar-refractivity contribution >= 4 is 31.5 Å². The topological polar surface area (TPSA) is 80.3 Å². The van der Waals surface area contributed by atoms with Crippen LogP contribution in [0.25, 0.3) is 0 Å². The van der Waals surface area contributed by atoms with Gasteiger partial charge in [0, 0.05) is 18.7 Å². The Morgan fingerprint density at radius 2 is 1.69 bits per heavy atom. The number of nitrogens with one attached hydrogen (secondary N) is 1. The molecule has 0 aromatic rings. The van der Waals surface area contributed by atoms with Gasteiger partial charge in [0.15, 0.2) is 9.84 Å². The zero-order valence-electron chi connectivity index (χ0n) is 9.66. The van der Waals surface area contributed by atoms with Gasteiger partial charge in [-0.1, -0.05) is 0 Å². The molecular weight excluding hydrogens is 274 g/mol. The molecule has 0 amide bonds. The number of sulfonamides is 1. The Hall–Kier alpha value is 0.150. The van der Waals surface area contributed by atoms with Gasteiger partial charge in [-0.2, -0.15) is 0 Å². The molecule has 0 heterocycles. The van der Waals surface area contributed by atoms with Gasteiger partial charge in [-0.3, -0.25) is 0 Å². The highest BCUT2D eigenvalue weighted by Gasteiger charge is 2.31. The predicted molar refractivity (Wildman–Crippen MR) is 66.0 cm³/mol. The Morgan fingerprint density at radius 3 is 2.06 bits per heavy atom. The molecule has 0 fully saturated rings. The Morgan fingerprint density at radius 1 is 1.19 bits per heavy atom. The maximum atomic E-state index is 11.4. The van der Waals surface area contributed by atoms with E-state index in [1.54, 1.807) is 0 Å². The SMILES string of the molecule is CC(C)(CNS(=O)(=O)CCCCl)S(C)(=O)=O. The molecule has 0 unspecified atom stereocenters. The van der Waals surface area contributed by atoms with Gasteiger partial charge in [-0.25, -0.2) is 21.6 Å². The van der Waals surface area contributed by atoms with Gasteiger partial charge in [0.05, 0.1) is 10.5 Å². The van der Waals surface area contributed by atoms with Crippen molar-refractivity contribution in [1.29, 1.82) is 0 Å². The number of hydrogen-bond acceptors (Lipinski definition) is 4. The lowest BCUT2D eigenvalue weighted by molar-refractivity contribution is 0.536. The van der Waals surface area contributed by atoms with Crippen molar-refractivity contribution in [2.75, 3.05) is 24.4 Å². The maximum Gasteiger partial charge on any atom is 0.211 e. The minimum Gasteiger partial charge on any atom is -0.229 e. The Balaban J connectivity index is 4.47. The molecule has 0 aromatic carbocycles. The Labute approximate surface area is 103 Å². The minimum atomic E-state index is -3.44. The van der Waals surface area contributed by atoms with Crippen molar-refractivity contribution in [2.24, 2.45) is 0 Å². The molecule has 0 saturated carbocycles. The van der Waals surface area contributed by atoms with E-state index in [0.717, 1.165) is 6.26 Å². The summed E-state index contributed by atoms with van der Waals surface area (Å²) in [6.45, 7) is 2.83. The number of sulfone groups is 1. The summed E-state index contributed by atoms with van der Waals surface area (Å²) in [4.78, 5) is 0. The van der Waals surface area contributed by atoms with E-state index in [9.17, 15) is 16.8 Å². The third kappa shape index (κ3) is 5.47. The lowest BCUT2D eigenvalue weighted by Gasteiger charge is -2.22. The maximum absolute atomic E-state index is 11.4. The van der Waals surface area contributed by atoms with Gasteiger partial charge >= 0.3 is 0 Å². The van der Waals surface area contributed by atoms with Gasteiger partial charge in [-0.05, 0) is 20.3 Å². The van der Waals surface area contributed by atoms with Crippen molar-refractivity contribution in [3.8, 4) is 0 Å². The van der Waals surface area contributed by atoms with Crippen molar-refractivity contribution in [1.82, 2.24) is 4.72 Å². The number of halogens is 1. The first kappa shape index (κ1) is 16.1. The minimum absolute atomic E-state index is 0.0870. The molecule has 0 aliphatic heterocycles. The molecule has 0 rings (SSSR count). The molecule has 0 radical (unpaired) electrons. The second-order valence-corrected chi connectivity index (χ2v) is 9.17. The highest BCUT2D eigenvalue weighted by molar-refractivity contribution is 7.92. The fourth-order valence-electron chi connectivity index (χ4n) is 0.732. The molecule has 8 heteroatoms. The average molecular weight is 292 g/mol. The lowest BCUT2D eigenvalue weighted by Crippen LogP contribution is -2.44. The quantitative estimate of drug-likeness (QED) is 0.687. The van der Waals surface area contributed by atoms with Crippen LogP contribution in [0, 0.1) is 0 Å². The lowest BCUT2D eigenvalue weighted by atomic mass is 10.2. The van der Waals surface area contributed by atoms with Gasteiger partial charge in [0.25, 0.3) is 0 Å².